The second kappa shape index (κ2) is 10.1. The van der Waals surface area contributed by atoms with E-state index in [2.05, 4.69) is 68.2 Å². The summed E-state index contributed by atoms with van der Waals surface area (Å²) in [6.07, 6.45) is 1.84. The number of rotatable bonds is 7. The van der Waals surface area contributed by atoms with Gasteiger partial charge in [0.15, 0.2) is 0 Å². The van der Waals surface area contributed by atoms with Gasteiger partial charge in [-0.1, -0.05) is 63.2 Å². The topological polar surface area (TPSA) is 41.6 Å². The lowest BCUT2D eigenvalue weighted by molar-refractivity contribution is -0.126. The second-order valence-corrected chi connectivity index (χ2v) is 9.36. The van der Waals surface area contributed by atoms with Gasteiger partial charge < -0.3 is 10.1 Å². The molecule has 1 aliphatic rings. The third-order valence-corrected chi connectivity index (χ3v) is 5.97. The van der Waals surface area contributed by atoms with Crippen LogP contribution in [-0.4, -0.2) is 37.0 Å². The minimum atomic E-state index is 0.0338. The summed E-state index contributed by atoms with van der Waals surface area (Å²) < 4.78 is 5.97. The standard InChI is InChI=1S/C26H36N2O2/c1-20-9-5-6-10-22(20)19-28-16-13-21(14-17-28)25(29)27-15-18-30-24-12-8-7-11-23(24)26(2,3)4/h5-12,21H,13-19H2,1-4H3,(H,27,29). The zero-order chi connectivity index (χ0) is 21.6. The highest BCUT2D eigenvalue weighted by Crippen LogP contribution is 2.30. The molecule has 1 saturated heterocycles. The summed E-state index contributed by atoms with van der Waals surface area (Å²) in [4.78, 5) is 15.0. The van der Waals surface area contributed by atoms with Gasteiger partial charge in [-0.15, -0.1) is 0 Å². The Bertz CT molecular complexity index is 833. The summed E-state index contributed by atoms with van der Waals surface area (Å²) in [7, 11) is 0. The first-order valence-electron chi connectivity index (χ1n) is 11.1. The fraction of sp³-hybridized carbons (Fsp3) is 0.500. The van der Waals surface area contributed by atoms with Gasteiger partial charge in [-0.05, 0) is 61.0 Å². The summed E-state index contributed by atoms with van der Waals surface area (Å²) in [6.45, 7) is 12.7. The van der Waals surface area contributed by atoms with E-state index in [0.717, 1.165) is 38.2 Å². The Morgan fingerprint density at radius 1 is 1.07 bits per heavy atom. The number of hydrogen-bond donors (Lipinski definition) is 1. The van der Waals surface area contributed by atoms with E-state index in [-0.39, 0.29) is 17.2 Å². The Kier molecular flexibility index (Phi) is 7.54. The average molecular weight is 409 g/mol. The van der Waals surface area contributed by atoms with Crippen molar-refractivity contribution in [3.63, 3.8) is 0 Å². The monoisotopic (exact) mass is 408 g/mol. The summed E-state index contributed by atoms with van der Waals surface area (Å²) in [5.74, 6) is 1.18. The Balaban J connectivity index is 1.39. The Morgan fingerprint density at radius 2 is 1.73 bits per heavy atom. The van der Waals surface area contributed by atoms with Crippen LogP contribution < -0.4 is 10.1 Å². The van der Waals surface area contributed by atoms with Crippen LogP contribution in [0.25, 0.3) is 0 Å². The van der Waals surface area contributed by atoms with E-state index in [1.54, 1.807) is 0 Å². The zero-order valence-corrected chi connectivity index (χ0v) is 18.9. The van der Waals surface area contributed by atoms with E-state index in [4.69, 9.17) is 4.74 Å². The van der Waals surface area contributed by atoms with Crippen molar-refractivity contribution in [3.8, 4) is 5.75 Å². The fourth-order valence-corrected chi connectivity index (χ4v) is 4.07. The number of para-hydroxylation sites is 1. The van der Waals surface area contributed by atoms with Crippen molar-refractivity contribution in [2.45, 2.75) is 52.5 Å². The molecule has 2 aromatic rings. The van der Waals surface area contributed by atoms with Crippen molar-refractivity contribution in [1.82, 2.24) is 10.2 Å². The number of likely N-dealkylation sites (tertiary alicyclic amines) is 1. The van der Waals surface area contributed by atoms with Crippen LogP contribution in [0.5, 0.6) is 5.75 Å². The summed E-state index contributed by atoms with van der Waals surface area (Å²) in [5.41, 5.74) is 3.95. The van der Waals surface area contributed by atoms with Crippen LogP contribution in [0.4, 0.5) is 0 Å². The summed E-state index contributed by atoms with van der Waals surface area (Å²) in [5, 5.41) is 3.07. The fourth-order valence-electron chi connectivity index (χ4n) is 4.07. The lowest BCUT2D eigenvalue weighted by Crippen LogP contribution is -2.41. The van der Waals surface area contributed by atoms with Gasteiger partial charge in [-0.3, -0.25) is 9.69 Å². The number of amides is 1. The molecule has 4 nitrogen and oxygen atoms in total. The van der Waals surface area contributed by atoms with Crippen molar-refractivity contribution in [1.29, 1.82) is 0 Å². The largest absolute Gasteiger partial charge is 0.491 e. The first-order valence-corrected chi connectivity index (χ1v) is 11.1. The Labute approximate surface area is 181 Å². The predicted octanol–water partition coefficient (Wildman–Crippen LogP) is 4.70. The smallest absolute Gasteiger partial charge is 0.223 e. The van der Waals surface area contributed by atoms with Crippen LogP contribution in [-0.2, 0) is 16.8 Å². The highest BCUT2D eigenvalue weighted by atomic mass is 16.5. The predicted molar refractivity (Wildman–Crippen MR) is 123 cm³/mol. The molecule has 0 aliphatic carbocycles. The lowest BCUT2D eigenvalue weighted by atomic mass is 9.86. The molecule has 4 heteroatoms. The minimum Gasteiger partial charge on any atom is -0.491 e. The van der Waals surface area contributed by atoms with E-state index in [0.29, 0.717) is 13.2 Å². The normalized spacial score (nSPS) is 15.7. The number of piperidine rings is 1. The summed E-state index contributed by atoms with van der Waals surface area (Å²) in [6, 6.07) is 16.7. The number of benzene rings is 2. The molecule has 0 bridgehead atoms. The first-order chi connectivity index (χ1) is 14.3. The van der Waals surface area contributed by atoms with Crippen LogP contribution in [0.15, 0.2) is 48.5 Å². The lowest BCUT2D eigenvalue weighted by Gasteiger charge is -2.31. The van der Waals surface area contributed by atoms with Crippen molar-refractivity contribution in [2.75, 3.05) is 26.2 Å². The Morgan fingerprint density at radius 3 is 2.43 bits per heavy atom. The van der Waals surface area contributed by atoms with Crippen LogP contribution in [0, 0.1) is 12.8 Å². The third kappa shape index (κ3) is 6.09. The molecule has 0 unspecified atom stereocenters. The zero-order valence-electron chi connectivity index (χ0n) is 18.9. The quantitative estimate of drug-likeness (QED) is 0.675. The molecule has 1 aliphatic heterocycles. The number of ether oxygens (including phenoxy) is 1. The van der Waals surface area contributed by atoms with E-state index in [1.807, 2.05) is 18.2 Å². The minimum absolute atomic E-state index is 0.0338. The van der Waals surface area contributed by atoms with Gasteiger partial charge in [-0.2, -0.15) is 0 Å². The molecule has 162 valence electrons. The van der Waals surface area contributed by atoms with Crippen molar-refractivity contribution in [3.05, 3.63) is 65.2 Å². The highest BCUT2D eigenvalue weighted by molar-refractivity contribution is 5.78. The van der Waals surface area contributed by atoms with Crippen molar-refractivity contribution in [2.24, 2.45) is 5.92 Å². The van der Waals surface area contributed by atoms with Crippen LogP contribution in [0.2, 0.25) is 0 Å². The molecular formula is C26H36N2O2. The molecule has 0 saturated carbocycles. The molecule has 0 aromatic heterocycles. The molecule has 30 heavy (non-hydrogen) atoms. The van der Waals surface area contributed by atoms with Crippen LogP contribution in [0.3, 0.4) is 0 Å². The van der Waals surface area contributed by atoms with E-state index < -0.39 is 0 Å². The van der Waals surface area contributed by atoms with Gasteiger partial charge in [0.05, 0.1) is 6.54 Å². The number of aryl methyl sites for hydroxylation is 1. The molecule has 2 aromatic carbocycles. The van der Waals surface area contributed by atoms with Gasteiger partial charge in [0.25, 0.3) is 0 Å². The summed E-state index contributed by atoms with van der Waals surface area (Å²) >= 11 is 0. The molecule has 0 spiro atoms. The number of hydrogen-bond acceptors (Lipinski definition) is 3. The van der Waals surface area contributed by atoms with Gasteiger partial charge >= 0.3 is 0 Å². The van der Waals surface area contributed by atoms with Crippen LogP contribution in [0.1, 0.15) is 50.3 Å². The van der Waals surface area contributed by atoms with E-state index in [1.165, 1.54) is 16.7 Å². The molecule has 3 rings (SSSR count). The first kappa shape index (κ1) is 22.4. The van der Waals surface area contributed by atoms with Gasteiger partial charge in [0.1, 0.15) is 12.4 Å². The maximum absolute atomic E-state index is 12.6. The Hall–Kier alpha value is -2.33. The third-order valence-electron chi connectivity index (χ3n) is 5.97. The number of nitrogens with one attached hydrogen (secondary N) is 1. The maximum atomic E-state index is 12.6. The van der Waals surface area contributed by atoms with Gasteiger partial charge in [-0.25, -0.2) is 0 Å². The molecule has 1 N–H and O–H groups in total. The molecule has 1 amide bonds. The second-order valence-electron chi connectivity index (χ2n) is 9.36. The maximum Gasteiger partial charge on any atom is 0.223 e. The van der Waals surface area contributed by atoms with Crippen LogP contribution >= 0.6 is 0 Å². The van der Waals surface area contributed by atoms with E-state index in [9.17, 15) is 4.79 Å². The SMILES string of the molecule is Cc1ccccc1CN1CCC(C(=O)NCCOc2ccccc2C(C)(C)C)CC1. The molecular weight excluding hydrogens is 372 g/mol. The van der Waals surface area contributed by atoms with Crippen molar-refractivity contribution >= 4 is 5.91 Å². The molecule has 0 atom stereocenters. The highest BCUT2D eigenvalue weighted by Gasteiger charge is 2.25. The number of nitrogens with zero attached hydrogens (tertiary/aromatic N) is 1. The molecule has 1 heterocycles. The molecule has 0 radical (unpaired) electrons. The van der Waals surface area contributed by atoms with Gasteiger partial charge in [0, 0.05) is 12.5 Å². The average Bonchev–Trinajstić information content (AvgIpc) is 2.73. The van der Waals surface area contributed by atoms with Gasteiger partial charge in [0.2, 0.25) is 5.91 Å². The van der Waals surface area contributed by atoms with E-state index >= 15 is 0 Å². The number of carbonyl (C=O) groups is 1. The molecule has 1 fully saturated rings. The number of carbonyl (C=O) groups excluding carboxylic acids is 1. The van der Waals surface area contributed by atoms with Crippen molar-refractivity contribution < 1.29 is 9.53 Å².